The minimum Gasteiger partial charge on any atom is -0.271 e. The maximum atomic E-state index is 5.82. The van der Waals surface area contributed by atoms with Crippen molar-refractivity contribution in [1.29, 1.82) is 0 Å². The Morgan fingerprint density at radius 3 is 2.50 bits per heavy atom. The molecular weight excluding hydrogens is 222 g/mol. The van der Waals surface area contributed by atoms with E-state index in [0.29, 0.717) is 5.92 Å². The number of aromatic nitrogens is 1. The normalized spacial score (nSPS) is 20.1. The van der Waals surface area contributed by atoms with Crippen LogP contribution in [0.2, 0.25) is 0 Å². The summed E-state index contributed by atoms with van der Waals surface area (Å²) in [7, 11) is 0. The van der Waals surface area contributed by atoms with Crippen LogP contribution in [-0.2, 0) is 0 Å². The topological polar surface area (TPSA) is 50.9 Å². The molecule has 3 nitrogen and oxygen atoms in total. The first-order valence-electron chi connectivity index (χ1n) is 7.19. The number of nitrogens with zero attached hydrogens (tertiary/aromatic N) is 1. The van der Waals surface area contributed by atoms with Gasteiger partial charge in [-0.3, -0.25) is 16.3 Å². The molecule has 1 aliphatic carbocycles. The number of rotatable bonds is 3. The Labute approximate surface area is 110 Å². The third kappa shape index (κ3) is 3.30. The molecule has 3 N–H and O–H groups in total. The van der Waals surface area contributed by atoms with Gasteiger partial charge in [0.05, 0.1) is 6.04 Å². The first kappa shape index (κ1) is 13.5. The first-order chi connectivity index (χ1) is 8.83. The zero-order valence-corrected chi connectivity index (χ0v) is 11.4. The van der Waals surface area contributed by atoms with E-state index in [9.17, 15) is 0 Å². The molecule has 0 aliphatic heterocycles. The Hall–Kier alpha value is -0.930. The molecule has 1 aromatic rings. The van der Waals surface area contributed by atoms with Crippen LogP contribution in [0.25, 0.3) is 0 Å². The van der Waals surface area contributed by atoms with Gasteiger partial charge in [-0.15, -0.1) is 0 Å². The van der Waals surface area contributed by atoms with Gasteiger partial charge in [0.25, 0.3) is 0 Å². The molecule has 100 valence electrons. The van der Waals surface area contributed by atoms with Gasteiger partial charge in [0.1, 0.15) is 0 Å². The summed E-state index contributed by atoms with van der Waals surface area (Å²) in [5, 5.41) is 0. The van der Waals surface area contributed by atoms with E-state index >= 15 is 0 Å². The predicted molar refractivity (Wildman–Crippen MR) is 74.8 cm³/mol. The van der Waals surface area contributed by atoms with Crippen molar-refractivity contribution in [1.82, 2.24) is 10.4 Å². The number of nitrogens with two attached hydrogens (primary N) is 1. The lowest BCUT2D eigenvalue weighted by Crippen LogP contribution is -2.34. The summed E-state index contributed by atoms with van der Waals surface area (Å²) in [5.41, 5.74) is 5.59. The van der Waals surface area contributed by atoms with Crippen molar-refractivity contribution in [3.63, 3.8) is 0 Å². The third-order valence-corrected chi connectivity index (χ3v) is 4.22. The highest BCUT2D eigenvalue weighted by Crippen LogP contribution is 2.33. The lowest BCUT2D eigenvalue weighted by molar-refractivity contribution is 0.289. The quantitative estimate of drug-likeness (QED) is 0.637. The van der Waals surface area contributed by atoms with Crippen LogP contribution in [0, 0.1) is 12.8 Å². The molecule has 0 amide bonds. The van der Waals surface area contributed by atoms with Crippen LogP contribution in [0.3, 0.4) is 0 Å². The van der Waals surface area contributed by atoms with Gasteiger partial charge >= 0.3 is 0 Å². The summed E-state index contributed by atoms with van der Waals surface area (Å²) in [6, 6.07) is 2.33. The summed E-state index contributed by atoms with van der Waals surface area (Å²) in [4.78, 5) is 4.26. The molecule has 1 atom stereocenters. The second-order valence-electron chi connectivity index (χ2n) is 5.48. The van der Waals surface area contributed by atoms with Gasteiger partial charge in [-0.1, -0.05) is 32.1 Å². The van der Waals surface area contributed by atoms with E-state index in [1.54, 1.807) is 0 Å². The van der Waals surface area contributed by atoms with Gasteiger partial charge in [-0.05, 0) is 42.9 Å². The van der Waals surface area contributed by atoms with E-state index in [4.69, 9.17) is 5.84 Å². The van der Waals surface area contributed by atoms with Crippen molar-refractivity contribution in [2.75, 3.05) is 0 Å². The Balaban J connectivity index is 2.13. The average Bonchev–Trinajstić information content (AvgIpc) is 2.34. The summed E-state index contributed by atoms with van der Waals surface area (Å²) in [6.45, 7) is 2.14. The Kier molecular flexibility index (Phi) is 5.14. The zero-order chi connectivity index (χ0) is 12.8. The van der Waals surface area contributed by atoms with Crippen LogP contribution in [0.15, 0.2) is 18.5 Å². The van der Waals surface area contributed by atoms with Gasteiger partial charge in [0.15, 0.2) is 0 Å². The van der Waals surface area contributed by atoms with Crippen LogP contribution in [0.4, 0.5) is 0 Å². The number of nitrogens with one attached hydrogen (secondary N) is 1. The second kappa shape index (κ2) is 6.86. The van der Waals surface area contributed by atoms with Gasteiger partial charge in [-0.25, -0.2) is 0 Å². The van der Waals surface area contributed by atoms with E-state index in [1.165, 1.54) is 56.1 Å². The Bertz CT molecular complexity index is 357. The number of hydrogen-bond acceptors (Lipinski definition) is 3. The highest BCUT2D eigenvalue weighted by atomic mass is 15.2. The van der Waals surface area contributed by atoms with Crippen molar-refractivity contribution >= 4 is 0 Å². The van der Waals surface area contributed by atoms with Crippen molar-refractivity contribution in [2.45, 2.75) is 57.9 Å². The highest BCUT2D eigenvalue weighted by molar-refractivity contribution is 5.25. The summed E-state index contributed by atoms with van der Waals surface area (Å²) in [5.74, 6) is 6.47. The molecule has 1 saturated carbocycles. The number of hydrogen-bond donors (Lipinski definition) is 2. The molecule has 1 heterocycles. The largest absolute Gasteiger partial charge is 0.271 e. The third-order valence-electron chi connectivity index (χ3n) is 4.22. The molecule has 3 heteroatoms. The molecule has 0 saturated heterocycles. The maximum Gasteiger partial charge on any atom is 0.0506 e. The number of aryl methyl sites for hydroxylation is 1. The first-order valence-corrected chi connectivity index (χ1v) is 7.19. The molecule has 2 rings (SSSR count). The zero-order valence-electron chi connectivity index (χ0n) is 11.4. The minimum absolute atomic E-state index is 0.261. The van der Waals surface area contributed by atoms with Crippen LogP contribution in [0.5, 0.6) is 0 Å². The molecule has 18 heavy (non-hydrogen) atoms. The molecule has 1 aromatic heterocycles. The molecule has 1 fully saturated rings. The number of pyridine rings is 1. The van der Waals surface area contributed by atoms with Crippen molar-refractivity contribution in [3.8, 4) is 0 Å². The van der Waals surface area contributed by atoms with Crippen molar-refractivity contribution in [2.24, 2.45) is 11.8 Å². The number of hydrazine groups is 1. The van der Waals surface area contributed by atoms with E-state index in [2.05, 4.69) is 23.4 Å². The highest BCUT2D eigenvalue weighted by Gasteiger charge is 2.23. The van der Waals surface area contributed by atoms with Gasteiger partial charge in [0.2, 0.25) is 0 Å². The maximum absolute atomic E-state index is 5.82. The fourth-order valence-corrected chi connectivity index (χ4v) is 3.10. The van der Waals surface area contributed by atoms with E-state index in [1.807, 2.05) is 12.4 Å². The summed E-state index contributed by atoms with van der Waals surface area (Å²) >= 11 is 0. The van der Waals surface area contributed by atoms with Crippen molar-refractivity contribution < 1.29 is 0 Å². The molecule has 0 radical (unpaired) electrons. The molecular formula is C15H25N3. The fraction of sp³-hybridized carbons (Fsp3) is 0.667. The van der Waals surface area contributed by atoms with Crippen LogP contribution < -0.4 is 11.3 Å². The molecule has 1 unspecified atom stereocenters. The van der Waals surface area contributed by atoms with E-state index in [-0.39, 0.29) is 6.04 Å². The van der Waals surface area contributed by atoms with Gasteiger partial charge in [-0.2, -0.15) is 0 Å². The SMILES string of the molecule is Cc1ccncc1C(NN)C1CCCCCCC1. The summed E-state index contributed by atoms with van der Waals surface area (Å²) < 4.78 is 0. The molecule has 0 aromatic carbocycles. The van der Waals surface area contributed by atoms with Crippen LogP contribution >= 0.6 is 0 Å². The predicted octanol–water partition coefficient (Wildman–Crippen LogP) is 3.25. The summed E-state index contributed by atoms with van der Waals surface area (Å²) in [6.07, 6.45) is 13.2. The van der Waals surface area contributed by atoms with Gasteiger partial charge < -0.3 is 0 Å². The van der Waals surface area contributed by atoms with Gasteiger partial charge in [0, 0.05) is 12.4 Å². The van der Waals surface area contributed by atoms with Crippen molar-refractivity contribution in [3.05, 3.63) is 29.6 Å². The lowest BCUT2D eigenvalue weighted by atomic mass is 9.82. The molecule has 0 spiro atoms. The standard InChI is InChI=1S/C15H25N3/c1-12-9-10-17-11-14(12)15(18-16)13-7-5-3-2-4-6-8-13/h9-11,13,15,18H,2-8,16H2,1H3. The monoisotopic (exact) mass is 247 g/mol. The Morgan fingerprint density at radius 2 is 1.89 bits per heavy atom. The second-order valence-corrected chi connectivity index (χ2v) is 5.48. The fourth-order valence-electron chi connectivity index (χ4n) is 3.10. The molecule has 1 aliphatic rings. The van der Waals surface area contributed by atoms with Crippen LogP contribution in [0.1, 0.15) is 62.1 Å². The van der Waals surface area contributed by atoms with E-state index in [0.717, 1.165) is 0 Å². The smallest absolute Gasteiger partial charge is 0.0506 e. The van der Waals surface area contributed by atoms with Crippen LogP contribution in [-0.4, -0.2) is 4.98 Å². The minimum atomic E-state index is 0.261. The van der Waals surface area contributed by atoms with E-state index < -0.39 is 0 Å². The average molecular weight is 247 g/mol. The lowest BCUT2D eigenvalue weighted by Gasteiger charge is -2.29. The Morgan fingerprint density at radius 1 is 1.22 bits per heavy atom. The molecule has 0 bridgehead atoms.